The maximum absolute atomic E-state index is 11.6. The fraction of sp³-hybridized carbons (Fsp3) is 0.846. The Morgan fingerprint density at radius 1 is 1.22 bits per heavy atom. The molecule has 1 saturated carbocycles. The van der Waals surface area contributed by atoms with Crippen LogP contribution < -0.4 is 0 Å². The van der Waals surface area contributed by atoms with Gasteiger partial charge >= 0.3 is 5.97 Å². The quantitative estimate of drug-likeness (QED) is 0.662. The van der Waals surface area contributed by atoms with Crippen LogP contribution >= 0.6 is 0 Å². The summed E-state index contributed by atoms with van der Waals surface area (Å²) in [5.41, 5.74) is 0. The Kier molecular flexibility index (Phi) is 6.12. The number of methoxy groups -OCH3 is 1. The van der Waals surface area contributed by atoms with Gasteiger partial charge in [0.05, 0.1) is 13.7 Å². The summed E-state index contributed by atoms with van der Waals surface area (Å²) in [6.45, 7) is 0.929. The average Bonchev–Trinajstić information content (AvgIpc) is 2.87. The standard InChI is InChI=1S/C13H24N2O3/c1-14(2)12(16)8-9-15(10-13(17)18-3)11-6-4-5-7-11/h11H,4-10H2,1-3H3. The molecule has 1 aliphatic rings. The summed E-state index contributed by atoms with van der Waals surface area (Å²) in [5, 5.41) is 0. The highest BCUT2D eigenvalue weighted by Gasteiger charge is 2.25. The van der Waals surface area contributed by atoms with Gasteiger partial charge in [-0.15, -0.1) is 0 Å². The number of hydrogen-bond acceptors (Lipinski definition) is 4. The molecule has 0 atom stereocenters. The van der Waals surface area contributed by atoms with Crippen LogP contribution in [0, 0.1) is 0 Å². The highest BCUT2D eigenvalue weighted by atomic mass is 16.5. The van der Waals surface area contributed by atoms with E-state index in [9.17, 15) is 9.59 Å². The normalized spacial score (nSPS) is 16.0. The third-order valence-corrected chi connectivity index (χ3v) is 3.51. The van der Waals surface area contributed by atoms with Crippen molar-refractivity contribution >= 4 is 11.9 Å². The van der Waals surface area contributed by atoms with E-state index in [1.54, 1.807) is 19.0 Å². The van der Waals surface area contributed by atoms with Crippen LogP contribution in [-0.4, -0.2) is 62.0 Å². The van der Waals surface area contributed by atoms with Gasteiger partial charge in [0, 0.05) is 33.1 Å². The van der Waals surface area contributed by atoms with E-state index in [0.29, 0.717) is 25.6 Å². The molecule has 0 unspecified atom stereocenters. The van der Waals surface area contributed by atoms with Crippen LogP contribution in [0.25, 0.3) is 0 Å². The van der Waals surface area contributed by atoms with Crippen molar-refractivity contribution < 1.29 is 14.3 Å². The monoisotopic (exact) mass is 256 g/mol. The molecule has 1 aliphatic carbocycles. The highest BCUT2D eigenvalue weighted by Crippen LogP contribution is 2.23. The fourth-order valence-corrected chi connectivity index (χ4v) is 2.35. The Labute approximate surface area is 109 Å². The molecule has 5 heteroatoms. The Morgan fingerprint density at radius 3 is 2.33 bits per heavy atom. The molecule has 0 bridgehead atoms. The molecule has 0 aromatic heterocycles. The van der Waals surface area contributed by atoms with Gasteiger partial charge < -0.3 is 9.64 Å². The molecule has 5 nitrogen and oxygen atoms in total. The molecule has 0 aromatic rings. The molecular weight excluding hydrogens is 232 g/mol. The number of nitrogens with zero attached hydrogens (tertiary/aromatic N) is 2. The van der Waals surface area contributed by atoms with Crippen molar-refractivity contribution in [3.63, 3.8) is 0 Å². The summed E-state index contributed by atoms with van der Waals surface area (Å²) in [6.07, 6.45) is 5.12. The number of amides is 1. The van der Waals surface area contributed by atoms with Crippen molar-refractivity contribution in [2.75, 3.05) is 34.3 Å². The van der Waals surface area contributed by atoms with Crippen LogP contribution in [0.5, 0.6) is 0 Å². The van der Waals surface area contributed by atoms with Gasteiger partial charge in [-0.2, -0.15) is 0 Å². The summed E-state index contributed by atoms with van der Waals surface area (Å²) < 4.78 is 4.72. The van der Waals surface area contributed by atoms with Gasteiger partial charge in [0.1, 0.15) is 0 Å². The highest BCUT2D eigenvalue weighted by molar-refractivity contribution is 5.76. The first kappa shape index (κ1) is 15.0. The van der Waals surface area contributed by atoms with Crippen LogP contribution in [0.15, 0.2) is 0 Å². The second-order valence-corrected chi connectivity index (χ2v) is 5.02. The molecule has 0 aliphatic heterocycles. The molecule has 1 rings (SSSR count). The van der Waals surface area contributed by atoms with Gasteiger partial charge in [-0.25, -0.2) is 0 Å². The summed E-state index contributed by atoms with van der Waals surface area (Å²) in [6, 6.07) is 0.430. The van der Waals surface area contributed by atoms with E-state index in [-0.39, 0.29) is 11.9 Å². The van der Waals surface area contributed by atoms with Gasteiger partial charge in [-0.05, 0) is 12.8 Å². The van der Waals surface area contributed by atoms with Crippen molar-refractivity contribution in [3.8, 4) is 0 Å². The minimum atomic E-state index is -0.223. The maximum atomic E-state index is 11.6. The Balaban J connectivity index is 2.48. The molecule has 0 heterocycles. The predicted molar refractivity (Wildman–Crippen MR) is 69.2 cm³/mol. The minimum absolute atomic E-state index is 0.0999. The lowest BCUT2D eigenvalue weighted by molar-refractivity contribution is -0.143. The lowest BCUT2D eigenvalue weighted by Gasteiger charge is -2.27. The molecule has 1 fully saturated rings. The zero-order valence-corrected chi connectivity index (χ0v) is 11.6. The third kappa shape index (κ3) is 4.64. The van der Waals surface area contributed by atoms with E-state index in [4.69, 9.17) is 4.74 Å². The van der Waals surface area contributed by atoms with Gasteiger partial charge in [-0.3, -0.25) is 14.5 Å². The van der Waals surface area contributed by atoms with Crippen molar-refractivity contribution in [3.05, 3.63) is 0 Å². The molecule has 0 aromatic carbocycles. The number of hydrogen-bond donors (Lipinski definition) is 0. The van der Waals surface area contributed by atoms with E-state index in [1.165, 1.54) is 20.0 Å². The summed E-state index contributed by atoms with van der Waals surface area (Å²) in [7, 11) is 4.91. The second-order valence-electron chi connectivity index (χ2n) is 5.02. The number of ether oxygens (including phenoxy) is 1. The number of carbonyl (C=O) groups is 2. The van der Waals surface area contributed by atoms with Gasteiger partial charge in [-0.1, -0.05) is 12.8 Å². The number of carbonyl (C=O) groups excluding carboxylic acids is 2. The van der Waals surface area contributed by atoms with Gasteiger partial charge in [0.15, 0.2) is 0 Å². The zero-order chi connectivity index (χ0) is 13.5. The molecule has 0 radical (unpaired) electrons. The molecule has 104 valence electrons. The Morgan fingerprint density at radius 2 is 1.83 bits per heavy atom. The smallest absolute Gasteiger partial charge is 0.319 e. The number of rotatable bonds is 6. The van der Waals surface area contributed by atoms with Crippen molar-refractivity contribution in [2.45, 2.75) is 38.1 Å². The average molecular weight is 256 g/mol. The van der Waals surface area contributed by atoms with Crippen LogP contribution in [-0.2, 0) is 14.3 Å². The van der Waals surface area contributed by atoms with E-state index in [0.717, 1.165) is 12.8 Å². The molecule has 0 spiro atoms. The summed E-state index contributed by atoms with van der Waals surface area (Å²) in [5.74, 6) is -0.123. The molecule has 0 saturated heterocycles. The maximum Gasteiger partial charge on any atom is 0.319 e. The first-order valence-corrected chi connectivity index (χ1v) is 6.55. The first-order valence-electron chi connectivity index (χ1n) is 6.55. The van der Waals surface area contributed by atoms with E-state index in [2.05, 4.69) is 4.90 Å². The van der Waals surface area contributed by atoms with E-state index < -0.39 is 0 Å². The predicted octanol–water partition coefficient (Wildman–Crippen LogP) is 0.882. The minimum Gasteiger partial charge on any atom is -0.468 e. The first-order chi connectivity index (χ1) is 8.54. The third-order valence-electron chi connectivity index (χ3n) is 3.51. The summed E-state index contributed by atoms with van der Waals surface area (Å²) >= 11 is 0. The zero-order valence-electron chi connectivity index (χ0n) is 11.6. The van der Waals surface area contributed by atoms with E-state index >= 15 is 0 Å². The Bertz CT molecular complexity index is 286. The van der Waals surface area contributed by atoms with Crippen LogP contribution in [0.1, 0.15) is 32.1 Å². The molecular formula is C13H24N2O3. The summed E-state index contributed by atoms with van der Waals surface area (Å²) in [4.78, 5) is 26.7. The lowest BCUT2D eigenvalue weighted by atomic mass is 10.2. The SMILES string of the molecule is COC(=O)CN(CCC(=O)N(C)C)C1CCCC1. The topological polar surface area (TPSA) is 49.9 Å². The molecule has 18 heavy (non-hydrogen) atoms. The Hall–Kier alpha value is -1.10. The van der Waals surface area contributed by atoms with Crippen molar-refractivity contribution in [1.82, 2.24) is 9.80 Å². The van der Waals surface area contributed by atoms with Crippen LogP contribution in [0.3, 0.4) is 0 Å². The molecule has 1 amide bonds. The lowest BCUT2D eigenvalue weighted by Crippen LogP contribution is -2.40. The van der Waals surface area contributed by atoms with Crippen molar-refractivity contribution in [2.24, 2.45) is 0 Å². The fourth-order valence-electron chi connectivity index (χ4n) is 2.35. The van der Waals surface area contributed by atoms with Gasteiger partial charge in [0.2, 0.25) is 5.91 Å². The van der Waals surface area contributed by atoms with Crippen LogP contribution in [0.2, 0.25) is 0 Å². The van der Waals surface area contributed by atoms with Crippen molar-refractivity contribution in [1.29, 1.82) is 0 Å². The number of esters is 1. The second kappa shape index (κ2) is 7.36. The van der Waals surface area contributed by atoms with Crippen LogP contribution in [0.4, 0.5) is 0 Å². The van der Waals surface area contributed by atoms with Gasteiger partial charge in [0.25, 0.3) is 0 Å². The van der Waals surface area contributed by atoms with E-state index in [1.807, 2.05) is 0 Å². The molecule has 0 N–H and O–H groups in total. The largest absolute Gasteiger partial charge is 0.468 e.